The molecule has 580 valence electrons. The van der Waals surface area contributed by atoms with Gasteiger partial charge in [-0.15, -0.1) is 0 Å². The van der Waals surface area contributed by atoms with Gasteiger partial charge in [0.25, 0.3) is 7.82 Å². The third-order valence-corrected chi connectivity index (χ3v) is 20.5. The molecule has 0 radical (unpaired) electrons. The Bertz CT molecular complexity index is 1900. The number of carbonyl (C=O) groups excluding carboxylic acids is 2. The quantitative estimate of drug-likeness (QED) is 0.0195. The molecule has 2 atom stereocenters. The van der Waals surface area contributed by atoms with Crippen molar-refractivity contribution >= 4 is 19.8 Å². The lowest BCUT2D eigenvalue weighted by atomic mass is 10.0. The summed E-state index contributed by atoms with van der Waals surface area (Å²) in [5, 5.41) is 0. The number of phosphoric acid groups is 1. The molecule has 0 aromatic carbocycles. The number of hydrogen-bond donors (Lipinski definition) is 0. The normalized spacial score (nSPS) is 13.3. The van der Waals surface area contributed by atoms with E-state index in [0.717, 1.165) is 77.0 Å². The highest BCUT2D eigenvalue weighted by molar-refractivity contribution is 7.45. The van der Waals surface area contributed by atoms with E-state index in [9.17, 15) is 19.0 Å². The van der Waals surface area contributed by atoms with Crippen LogP contribution in [0.1, 0.15) is 431 Å². The molecule has 10 heteroatoms. The van der Waals surface area contributed by atoms with Gasteiger partial charge < -0.3 is 27.9 Å². The van der Waals surface area contributed by atoms with Crippen molar-refractivity contribution in [3.05, 3.63) is 72.9 Å². The Hall–Kier alpha value is -2.55. The lowest BCUT2D eigenvalue weighted by Gasteiger charge is -2.28. The number of carbonyl (C=O) groups is 2. The fourth-order valence-corrected chi connectivity index (χ4v) is 13.7. The number of likely N-dealkylation sites (N-methyl/N-ethyl adjacent to an activating group) is 1. The number of quaternary nitrogens is 1. The lowest BCUT2D eigenvalue weighted by molar-refractivity contribution is -0.870. The fraction of sp³-hybridized carbons (Fsp3) is 0.843. The molecule has 0 spiro atoms. The van der Waals surface area contributed by atoms with E-state index < -0.39 is 26.5 Å². The zero-order valence-corrected chi connectivity index (χ0v) is 67.4. The zero-order valence-electron chi connectivity index (χ0n) is 66.5. The van der Waals surface area contributed by atoms with Gasteiger partial charge in [-0.25, -0.2) is 0 Å². The van der Waals surface area contributed by atoms with E-state index in [1.807, 2.05) is 21.1 Å². The molecule has 0 amide bonds. The van der Waals surface area contributed by atoms with Crippen LogP contribution < -0.4 is 4.89 Å². The molecule has 0 N–H and O–H groups in total. The van der Waals surface area contributed by atoms with Crippen LogP contribution in [0.2, 0.25) is 0 Å². The summed E-state index contributed by atoms with van der Waals surface area (Å²) in [5.74, 6) is -0.812. The van der Waals surface area contributed by atoms with Gasteiger partial charge in [-0.3, -0.25) is 14.2 Å². The third kappa shape index (κ3) is 84.3. The summed E-state index contributed by atoms with van der Waals surface area (Å²) in [7, 11) is 1.18. The minimum Gasteiger partial charge on any atom is -0.756 e. The average Bonchev–Trinajstić information content (AvgIpc) is 1.06. The van der Waals surface area contributed by atoms with Gasteiger partial charge in [0.1, 0.15) is 19.8 Å². The molecule has 99 heavy (non-hydrogen) atoms. The molecule has 9 nitrogen and oxygen atoms in total. The zero-order chi connectivity index (χ0) is 71.8. The molecule has 0 aliphatic carbocycles. The van der Waals surface area contributed by atoms with Crippen LogP contribution >= 0.6 is 7.82 Å². The summed E-state index contributed by atoms with van der Waals surface area (Å²) >= 11 is 0. The number of hydrogen-bond acceptors (Lipinski definition) is 8. The summed E-state index contributed by atoms with van der Waals surface area (Å²) in [5.41, 5.74) is 0. The summed E-state index contributed by atoms with van der Waals surface area (Å²) < 4.78 is 34.5. The maximum atomic E-state index is 12.9. The van der Waals surface area contributed by atoms with Crippen molar-refractivity contribution in [2.45, 2.75) is 437 Å². The van der Waals surface area contributed by atoms with E-state index >= 15 is 0 Å². The van der Waals surface area contributed by atoms with Gasteiger partial charge in [0.15, 0.2) is 6.10 Å². The van der Waals surface area contributed by atoms with Crippen LogP contribution in [0, 0.1) is 0 Å². The van der Waals surface area contributed by atoms with Crippen LogP contribution in [-0.2, 0) is 32.7 Å². The largest absolute Gasteiger partial charge is 0.756 e. The van der Waals surface area contributed by atoms with Gasteiger partial charge in [-0.05, 0) is 64.2 Å². The molecular weight excluding hydrogens is 1240 g/mol. The molecule has 0 heterocycles. The van der Waals surface area contributed by atoms with Gasteiger partial charge >= 0.3 is 11.9 Å². The second-order valence-electron chi connectivity index (χ2n) is 30.5. The SMILES string of the molecule is CC/C=C\C/C=C\C/C=C\C/C=C\C/C=C\C/C=C\CCCCCCCCCCCCCCCCCCC(=O)OC(COC(=O)CCCCCCCCCCCCCCCCCCCCCCCCCCCCCCCCCCCCCCCCCC)COP(=O)([O-])OCC[N+](C)(C)C. The smallest absolute Gasteiger partial charge is 0.306 e. The van der Waals surface area contributed by atoms with Crippen LogP contribution in [0.15, 0.2) is 72.9 Å². The Morgan fingerprint density at radius 1 is 0.323 bits per heavy atom. The second kappa shape index (κ2) is 79.6. The summed E-state index contributed by atoms with van der Waals surface area (Å²) in [4.78, 5) is 38.2. The van der Waals surface area contributed by atoms with E-state index in [-0.39, 0.29) is 32.0 Å². The summed E-state index contributed by atoms with van der Waals surface area (Å²) in [6.07, 6.45) is 109. The van der Waals surface area contributed by atoms with Crippen LogP contribution in [-0.4, -0.2) is 70.0 Å². The van der Waals surface area contributed by atoms with Crippen molar-refractivity contribution in [2.75, 3.05) is 47.5 Å². The predicted molar refractivity (Wildman–Crippen MR) is 430 cm³/mol. The number of phosphoric ester groups is 1. The molecule has 0 bridgehead atoms. The van der Waals surface area contributed by atoms with Crippen LogP contribution in [0.5, 0.6) is 0 Å². The van der Waals surface area contributed by atoms with Gasteiger partial charge in [0, 0.05) is 12.8 Å². The van der Waals surface area contributed by atoms with E-state index in [2.05, 4.69) is 86.8 Å². The van der Waals surface area contributed by atoms with Crippen molar-refractivity contribution in [1.82, 2.24) is 0 Å². The molecule has 0 aromatic rings. The summed E-state index contributed by atoms with van der Waals surface area (Å²) in [6.45, 7) is 4.20. The standard InChI is InChI=1S/C89H166NO8P/c1-6-8-10-12-14-16-18-20-22-24-26-28-30-32-34-36-38-40-42-43-44-45-46-48-49-51-53-55-57-59-61-63-65-67-69-71-73-75-77-79-81-88(91)95-85-87(86-97-99(93,94)96-84-83-90(3,4)5)98-89(92)82-80-78-76-74-72-70-68-66-64-62-60-58-56-54-52-50-47-41-39-37-35-33-31-29-27-25-23-21-19-17-15-13-11-9-7-2/h9,11,15,17,21,23,27,29,33,35,39,41,87H,6-8,10,12-14,16,18-20,22,24-26,28,30-32,34,36-38,40,42-86H2,1-5H3/b11-9-,17-15-,23-21-,29-27-,35-33-,41-39-. The monoisotopic (exact) mass is 1410 g/mol. The van der Waals surface area contributed by atoms with Crippen molar-refractivity contribution in [1.29, 1.82) is 0 Å². The first-order valence-electron chi connectivity index (χ1n) is 43.1. The topological polar surface area (TPSA) is 111 Å². The number of nitrogens with zero attached hydrogens (tertiary/aromatic N) is 1. The molecular formula is C89H166NO8P. The second-order valence-corrected chi connectivity index (χ2v) is 31.9. The summed E-state index contributed by atoms with van der Waals surface area (Å²) in [6, 6.07) is 0. The first-order valence-corrected chi connectivity index (χ1v) is 44.6. The van der Waals surface area contributed by atoms with Gasteiger partial charge in [0.2, 0.25) is 0 Å². The predicted octanol–water partition coefficient (Wildman–Crippen LogP) is 28.4. The minimum absolute atomic E-state index is 0.0298. The number of ether oxygens (including phenoxy) is 2. The molecule has 0 aliphatic rings. The highest BCUT2D eigenvalue weighted by atomic mass is 31.2. The Balaban J connectivity index is 3.88. The molecule has 2 unspecified atom stereocenters. The van der Waals surface area contributed by atoms with Crippen molar-refractivity contribution in [3.8, 4) is 0 Å². The molecule has 0 aromatic heterocycles. The van der Waals surface area contributed by atoms with Crippen molar-refractivity contribution in [2.24, 2.45) is 0 Å². The van der Waals surface area contributed by atoms with Crippen LogP contribution in [0.4, 0.5) is 0 Å². The third-order valence-electron chi connectivity index (χ3n) is 19.5. The number of rotatable bonds is 81. The van der Waals surface area contributed by atoms with Gasteiger partial charge in [0.05, 0.1) is 27.7 Å². The molecule has 0 fully saturated rings. The first kappa shape index (κ1) is 96.4. The average molecular weight is 1410 g/mol. The van der Waals surface area contributed by atoms with E-state index in [1.165, 1.54) is 321 Å². The van der Waals surface area contributed by atoms with E-state index in [1.54, 1.807) is 0 Å². The highest BCUT2D eigenvalue weighted by Gasteiger charge is 2.22. The Morgan fingerprint density at radius 3 is 0.859 bits per heavy atom. The first-order chi connectivity index (χ1) is 48.5. The fourth-order valence-electron chi connectivity index (χ4n) is 13.0. The number of allylic oxidation sites excluding steroid dienone is 12. The highest BCUT2D eigenvalue weighted by Crippen LogP contribution is 2.38. The lowest BCUT2D eigenvalue weighted by Crippen LogP contribution is -2.37. The molecule has 0 saturated heterocycles. The maximum absolute atomic E-state index is 12.9. The van der Waals surface area contributed by atoms with Crippen LogP contribution in [0.3, 0.4) is 0 Å². The van der Waals surface area contributed by atoms with Gasteiger partial charge in [-0.2, -0.15) is 0 Å². The molecule has 0 rings (SSSR count). The van der Waals surface area contributed by atoms with E-state index in [4.69, 9.17) is 18.5 Å². The van der Waals surface area contributed by atoms with E-state index in [0.29, 0.717) is 17.4 Å². The van der Waals surface area contributed by atoms with Gasteiger partial charge in [-0.1, -0.05) is 427 Å². The van der Waals surface area contributed by atoms with Crippen molar-refractivity contribution in [3.63, 3.8) is 0 Å². The number of unbranched alkanes of at least 4 members (excludes halogenated alkanes) is 55. The van der Waals surface area contributed by atoms with Crippen molar-refractivity contribution < 1.29 is 42.1 Å². The molecule has 0 saturated carbocycles. The van der Waals surface area contributed by atoms with Crippen LogP contribution in [0.25, 0.3) is 0 Å². The molecule has 0 aliphatic heterocycles. The Morgan fingerprint density at radius 2 is 0.576 bits per heavy atom. The Kier molecular flexibility index (Phi) is 77.5. The maximum Gasteiger partial charge on any atom is 0.306 e. The number of esters is 2. The minimum atomic E-state index is -4.65. The Labute approximate surface area is 616 Å².